The van der Waals surface area contributed by atoms with Crippen molar-refractivity contribution in [1.29, 1.82) is 0 Å². The van der Waals surface area contributed by atoms with Crippen LogP contribution >= 0.6 is 0 Å². The summed E-state index contributed by atoms with van der Waals surface area (Å²) in [5.41, 5.74) is 7.82. The number of rotatable bonds is 12. The first kappa shape index (κ1) is 27.2. The first-order valence-electron chi connectivity index (χ1n) is 14.6. The third-order valence-electron chi connectivity index (χ3n) is 8.56. The third kappa shape index (κ3) is 7.34. The zero-order valence-electron chi connectivity index (χ0n) is 22.8. The lowest BCUT2D eigenvalue weighted by molar-refractivity contribution is -0.142. The van der Waals surface area contributed by atoms with Gasteiger partial charge in [0.1, 0.15) is 0 Å². The van der Waals surface area contributed by atoms with E-state index in [0.29, 0.717) is 6.42 Å². The second kappa shape index (κ2) is 13.6. The van der Waals surface area contributed by atoms with Crippen molar-refractivity contribution in [2.24, 2.45) is 11.8 Å². The molecule has 1 saturated carbocycles. The molecule has 0 saturated heterocycles. The maximum atomic E-state index is 11.3. The molecule has 0 aliphatic heterocycles. The van der Waals surface area contributed by atoms with Crippen LogP contribution in [0, 0.1) is 11.8 Å². The summed E-state index contributed by atoms with van der Waals surface area (Å²) < 4.78 is 0. The van der Waals surface area contributed by atoms with E-state index in [1.807, 2.05) is 6.92 Å². The molecule has 0 spiro atoms. The molecule has 2 heteroatoms. The van der Waals surface area contributed by atoms with E-state index in [1.54, 1.807) is 0 Å². The predicted octanol–water partition coefficient (Wildman–Crippen LogP) is 9.92. The Kier molecular flexibility index (Phi) is 9.99. The zero-order valence-corrected chi connectivity index (χ0v) is 22.8. The van der Waals surface area contributed by atoms with Gasteiger partial charge >= 0.3 is 5.97 Å². The normalized spacial score (nSPS) is 18.4. The van der Waals surface area contributed by atoms with Crippen LogP contribution in [0.1, 0.15) is 95.1 Å². The molecule has 0 aromatic heterocycles. The Hall–Kier alpha value is -2.87. The van der Waals surface area contributed by atoms with E-state index in [1.165, 1.54) is 78.3 Å². The summed E-state index contributed by atoms with van der Waals surface area (Å²) in [6.07, 6.45) is 12.9. The molecule has 0 radical (unpaired) electrons. The van der Waals surface area contributed by atoms with Crippen LogP contribution in [0.3, 0.4) is 0 Å². The average molecular weight is 497 g/mol. The fourth-order valence-electron chi connectivity index (χ4n) is 6.10. The Morgan fingerprint density at radius 3 is 1.95 bits per heavy atom. The van der Waals surface area contributed by atoms with E-state index >= 15 is 0 Å². The number of hydrogen-bond acceptors (Lipinski definition) is 1. The lowest BCUT2D eigenvalue weighted by atomic mass is 9.77. The lowest BCUT2D eigenvalue weighted by Gasteiger charge is -2.29. The van der Waals surface area contributed by atoms with Crippen LogP contribution in [0.5, 0.6) is 0 Å². The molecule has 2 nitrogen and oxygen atoms in total. The molecule has 4 rings (SSSR count). The Bertz CT molecular complexity index is 1100. The fourth-order valence-corrected chi connectivity index (χ4v) is 6.10. The summed E-state index contributed by atoms with van der Waals surface area (Å²) >= 11 is 0. The molecule has 3 aromatic carbocycles. The number of hydrogen-bond donors (Lipinski definition) is 1. The van der Waals surface area contributed by atoms with Crippen molar-refractivity contribution in [1.82, 2.24) is 0 Å². The first-order valence-corrected chi connectivity index (χ1v) is 14.6. The third-order valence-corrected chi connectivity index (χ3v) is 8.56. The molecule has 196 valence electrons. The molecule has 1 aliphatic rings. The standard InChI is InChI=1S/C35H44O2/c1-3-5-9-26-14-18-29(19-15-26)30-22-24-32(25-23-30)34-13-7-6-12-33(34)31-20-16-27(17-21-31)10-8-11-28(4-2)35(36)37/h6-7,12-13,16-17,20-26,28-29H,3-5,8-11,14-15,18-19H2,1-2H3,(H,36,37). The van der Waals surface area contributed by atoms with Crippen LogP contribution < -0.4 is 0 Å². The Labute approximate surface area is 224 Å². The van der Waals surface area contributed by atoms with Crippen molar-refractivity contribution in [2.45, 2.75) is 90.4 Å². The quantitative estimate of drug-likeness (QED) is 0.271. The van der Waals surface area contributed by atoms with Crippen LogP contribution in [0.25, 0.3) is 22.3 Å². The monoisotopic (exact) mass is 496 g/mol. The minimum Gasteiger partial charge on any atom is -0.481 e. The topological polar surface area (TPSA) is 37.3 Å². The van der Waals surface area contributed by atoms with Crippen LogP contribution in [0.2, 0.25) is 0 Å². The number of aryl methyl sites for hydroxylation is 1. The average Bonchev–Trinajstić information content (AvgIpc) is 2.95. The highest BCUT2D eigenvalue weighted by Crippen LogP contribution is 2.39. The van der Waals surface area contributed by atoms with Crippen molar-refractivity contribution in [3.63, 3.8) is 0 Å². The Morgan fingerprint density at radius 1 is 0.811 bits per heavy atom. The van der Waals surface area contributed by atoms with Crippen LogP contribution in [0.15, 0.2) is 72.8 Å². The van der Waals surface area contributed by atoms with Crippen molar-refractivity contribution in [2.75, 3.05) is 0 Å². The molecule has 1 atom stereocenters. The Balaban J connectivity index is 1.40. The van der Waals surface area contributed by atoms with Gasteiger partial charge in [-0.25, -0.2) is 0 Å². The van der Waals surface area contributed by atoms with E-state index in [9.17, 15) is 9.90 Å². The molecule has 37 heavy (non-hydrogen) atoms. The van der Waals surface area contributed by atoms with Crippen molar-refractivity contribution in [3.05, 3.63) is 83.9 Å². The fraction of sp³-hybridized carbons (Fsp3) is 0.457. The van der Waals surface area contributed by atoms with E-state index in [2.05, 4.69) is 79.7 Å². The number of aliphatic carboxylic acids is 1. The summed E-state index contributed by atoms with van der Waals surface area (Å²) in [7, 11) is 0. The van der Waals surface area contributed by atoms with Crippen molar-refractivity contribution < 1.29 is 9.90 Å². The number of carboxylic acids is 1. The molecule has 1 unspecified atom stereocenters. The predicted molar refractivity (Wildman–Crippen MR) is 156 cm³/mol. The number of unbranched alkanes of at least 4 members (excludes halogenated alkanes) is 1. The van der Waals surface area contributed by atoms with Gasteiger partial charge in [-0.1, -0.05) is 106 Å². The van der Waals surface area contributed by atoms with Gasteiger partial charge in [-0.2, -0.15) is 0 Å². The molecule has 0 amide bonds. The van der Waals surface area contributed by atoms with E-state index in [4.69, 9.17) is 0 Å². The maximum absolute atomic E-state index is 11.3. The van der Waals surface area contributed by atoms with E-state index < -0.39 is 5.97 Å². The summed E-state index contributed by atoms with van der Waals surface area (Å²) in [6, 6.07) is 26.9. The lowest BCUT2D eigenvalue weighted by Crippen LogP contribution is -2.13. The second-order valence-corrected chi connectivity index (χ2v) is 11.1. The van der Waals surface area contributed by atoms with Crippen molar-refractivity contribution >= 4 is 5.97 Å². The Morgan fingerprint density at radius 2 is 1.41 bits per heavy atom. The van der Waals surface area contributed by atoms with Gasteiger partial charge in [0.05, 0.1) is 5.92 Å². The highest BCUT2D eigenvalue weighted by atomic mass is 16.4. The highest BCUT2D eigenvalue weighted by Gasteiger charge is 2.22. The number of carbonyl (C=O) groups is 1. The summed E-state index contributed by atoms with van der Waals surface area (Å²) in [5.74, 6) is 0.778. The SMILES string of the molecule is CCCCC1CCC(c2ccc(-c3ccccc3-c3ccc(CCCC(CC)C(=O)O)cc3)cc2)CC1. The first-order chi connectivity index (χ1) is 18.1. The van der Waals surface area contributed by atoms with Gasteiger partial charge in [0.25, 0.3) is 0 Å². The van der Waals surface area contributed by atoms with Gasteiger partial charge < -0.3 is 5.11 Å². The zero-order chi connectivity index (χ0) is 26.0. The molecule has 3 aromatic rings. The number of benzene rings is 3. The smallest absolute Gasteiger partial charge is 0.306 e. The van der Waals surface area contributed by atoms with E-state index in [-0.39, 0.29) is 5.92 Å². The van der Waals surface area contributed by atoms with Gasteiger partial charge in [0.2, 0.25) is 0 Å². The summed E-state index contributed by atoms with van der Waals surface area (Å²) in [5, 5.41) is 9.27. The molecule has 1 fully saturated rings. The number of carboxylic acid groups (broad SMARTS) is 1. The summed E-state index contributed by atoms with van der Waals surface area (Å²) in [4.78, 5) is 11.3. The van der Waals surface area contributed by atoms with Gasteiger partial charge in [0.15, 0.2) is 0 Å². The maximum Gasteiger partial charge on any atom is 0.306 e. The van der Waals surface area contributed by atoms with Gasteiger partial charge in [-0.05, 0) is 96.6 Å². The van der Waals surface area contributed by atoms with Gasteiger partial charge in [-0.15, -0.1) is 0 Å². The van der Waals surface area contributed by atoms with Gasteiger partial charge in [0, 0.05) is 0 Å². The molecule has 0 heterocycles. The molecular formula is C35H44O2. The van der Waals surface area contributed by atoms with E-state index in [0.717, 1.165) is 31.1 Å². The minimum absolute atomic E-state index is 0.224. The van der Waals surface area contributed by atoms with Crippen LogP contribution in [-0.4, -0.2) is 11.1 Å². The van der Waals surface area contributed by atoms with Crippen LogP contribution in [0.4, 0.5) is 0 Å². The second-order valence-electron chi connectivity index (χ2n) is 11.1. The molecule has 0 bridgehead atoms. The largest absolute Gasteiger partial charge is 0.481 e. The highest BCUT2D eigenvalue weighted by molar-refractivity contribution is 5.83. The van der Waals surface area contributed by atoms with Crippen LogP contribution in [-0.2, 0) is 11.2 Å². The summed E-state index contributed by atoms with van der Waals surface area (Å²) in [6.45, 7) is 4.26. The van der Waals surface area contributed by atoms with Crippen molar-refractivity contribution in [3.8, 4) is 22.3 Å². The molecule has 1 N–H and O–H groups in total. The molecular weight excluding hydrogens is 452 g/mol. The molecule has 1 aliphatic carbocycles. The van der Waals surface area contributed by atoms with Gasteiger partial charge in [-0.3, -0.25) is 4.79 Å². The minimum atomic E-state index is -0.669.